The molecule has 0 aromatic heterocycles. The normalized spacial score (nSPS) is 21.8. The van der Waals surface area contributed by atoms with Crippen LogP contribution in [0.3, 0.4) is 0 Å². The summed E-state index contributed by atoms with van der Waals surface area (Å²) in [6.07, 6.45) is 3.65. The maximum Gasteiger partial charge on any atom is 0.317 e. The molecular weight excluding hydrogens is 446 g/mol. The lowest BCUT2D eigenvalue weighted by Crippen LogP contribution is -2.42. The molecule has 1 unspecified atom stereocenters. The summed E-state index contributed by atoms with van der Waals surface area (Å²) in [6, 6.07) is 17.1. The van der Waals surface area contributed by atoms with E-state index >= 15 is 0 Å². The van der Waals surface area contributed by atoms with Crippen molar-refractivity contribution in [2.45, 2.75) is 44.1 Å². The first-order valence-corrected chi connectivity index (χ1v) is 12.3. The fourth-order valence-electron chi connectivity index (χ4n) is 4.81. The molecule has 1 heterocycles. The van der Waals surface area contributed by atoms with Crippen molar-refractivity contribution < 1.29 is 24.2 Å². The number of hydrogen-bond acceptors (Lipinski definition) is 4. The molecule has 8 nitrogen and oxygen atoms in total. The lowest BCUT2D eigenvalue weighted by Gasteiger charge is -2.26. The van der Waals surface area contributed by atoms with Gasteiger partial charge in [-0.25, -0.2) is 4.79 Å². The Bertz CT molecular complexity index is 1000. The highest BCUT2D eigenvalue weighted by atomic mass is 16.5. The molecular formula is C27H33N3O5. The van der Waals surface area contributed by atoms with E-state index in [1.54, 1.807) is 24.3 Å². The second-order valence-corrected chi connectivity index (χ2v) is 9.28. The summed E-state index contributed by atoms with van der Waals surface area (Å²) in [7, 11) is 0. The number of nitrogens with one attached hydrogen (secondary N) is 2. The largest absolute Gasteiger partial charge is 0.490 e. The van der Waals surface area contributed by atoms with Gasteiger partial charge in [0.1, 0.15) is 5.75 Å². The van der Waals surface area contributed by atoms with E-state index < -0.39 is 5.97 Å². The number of aliphatic carboxylic acids is 1. The van der Waals surface area contributed by atoms with E-state index in [-0.39, 0.29) is 24.0 Å². The summed E-state index contributed by atoms with van der Waals surface area (Å²) in [5.41, 5.74) is 1.78. The molecule has 35 heavy (non-hydrogen) atoms. The van der Waals surface area contributed by atoms with Gasteiger partial charge in [-0.2, -0.15) is 0 Å². The van der Waals surface area contributed by atoms with Crippen LogP contribution in [0.2, 0.25) is 0 Å². The van der Waals surface area contributed by atoms with E-state index in [1.807, 2.05) is 23.1 Å². The van der Waals surface area contributed by atoms with E-state index in [9.17, 15) is 14.4 Å². The van der Waals surface area contributed by atoms with Gasteiger partial charge in [-0.3, -0.25) is 9.59 Å². The monoisotopic (exact) mass is 479 g/mol. The average Bonchev–Trinajstić information content (AvgIpc) is 3.38. The first-order valence-electron chi connectivity index (χ1n) is 12.3. The molecule has 1 saturated carbocycles. The van der Waals surface area contributed by atoms with E-state index in [0.717, 1.165) is 25.8 Å². The van der Waals surface area contributed by atoms with Gasteiger partial charge in [0.05, 0.1) is 12.0 Å². The highest BCUT2D eigenvalue weighted by molar-refractivity contribution is 5.94. The number of benzene rings is 2. The molecule has 186 valence electrons. The lowest BCUT2D eigenvalue weighted by molar-refractivity contribution is -0.143. The molecule has 2 fully saturated rings. The summed E-state index contributed by atoms with van der Waals surface area (Å²) in [5, 5.41) is 14.8. The van der Waals surface area contributed by atoms with Crippen LogP contribution in [0, 0.1) is 5.92 Å². The van der Waals surface area contributed by atoms with Crippen molar-refractivity contribution in [3.63, 3.8) is 0 Å². The van der Waals surface area contributed by atoms with E-state index in [2.05, 4.69) is 22.8 Å². The van der Waals surface area contributed by atoms with Crippen molar-refractivity contribution in [3.05, 3.63) is 65.7 Å². The molecule has 1 atom stereocenters. The second-order valence-electron chi connectivity index (χ2n) is 9.28. The van der Waals surface area contributed by atoms with Crippen LogP contribution in [-0.2, 0) is 4.79 Å². The lowest BCUT2D eigenvalue weighted by atomic mass is 9.87. The van der Waals surface area contributed by atoms with E-state index in [4.69, 9.17) is 9.84 Å². The number of ether oxygens (including phenoxy) is 1. The Labute approximate surface area is 205 Å². The third-order valence-electron chi connectivity index (χ3n) is 6.88. The maximum atomic E-state index is 12.4. The average molecular weight is 480 g/mol. The first kappa shape index (κ1) is 24.6. The molecule has 4 rings (SSSR count). The number of hydrogen-bond donors (Lipinski definition) is 3. The van der Waals surface area contributed by atoms with Crippen LogP contribution in [0.15, 0.2) is 54.6 Å². The van der Waals surface area contributed by atoms with Crippen molar-refractivity contribution in [3.8, 4) is 5.75 Å². The topological polar surface area (TPSA) is 108 Å². The minimum atomic E-state index is -0.730. The van der Waals surface area contributed by atoms with Crippen molar-refractivity contribution in [2.75, 3.05) is 26.2 Å². The van der Waals surface area contributed by atoms with Crippen LogP contribution in [0.5, 0.6) is 5.75 Å². The van der Waals surface area contributed by atoms with Crippen molar-refractivity contribution in [2.24, 2.45) is 5.92 Å². The quantitative estimate of drug-likeness (QED) is 0.501. The summed E-state index contributed by atoms with van der Waals surface area (Å²) in [6.45, 7) is 2.13. The predicted molar refractivity (Wildman–Crippen MR) is 132 cm³/mol. The smallest absolute Gasteiger partial charge is 0.317 e. The zero-order valence-electron chi connectivity index (χ0n) is 19.8. The third-order valence-corrected chi connectivity index (χ3v) is 6.88. The van der Waals surface area contributed by atoms with Gasteiger partial charge in [-0.1, -0.05) is 30.3 Å². The van der Waals surface area contributed by atoms with Crippen LogP contribution < -0.4 is 15.4 Å². The van der Waals surface area contributed by atoms with Crippen molar-refractivity contribution >= 4 is 17.9 Å². The molecule has 1 aliphatic heterocycles. The van der Waals surface area contributed by atoms with Gasteiger partial charge in [0.2, 0.25) is 0 Å². The number of nitrogens with zero attached hydrogens (tertiary/aromatic N) is 1. The molecule has 0 spiro atoms. The maximum absolute atomic E-state index is 12.4. The van der Waals surface area contributed by atoms with Crippen LogP contribution in [-0.4, -0.2) is 60.2 Å². The summed E-state index contributed by atoms with van der Waals surface area (Å²) < 4.78 is 5.95. The second kappa shape index (κ2) is 11.7. The fourth-order valence-corrected chi connectivity index (χ4v) is 4.81. The summed E-state index contributed by atoms with van der Waals surface area (Å²) in [5.74, 6) is -0.170. The van der Waals surface area contributed by atoms with Gasteiger partial charge in [0.25, 0.3) is 5.91 Å². The van der Waals surface area contributed by atoms with E-state index in [0.29, 0.717) is 49.7 Å². The zero-order chi connectivity index (χ0) is 24.6. The summed E-state index contributed by atoms with van der Waals surface area (Å²) in [4.78, 5) is 37.8. The van der Waals surface area contributed by atoms with E-state index in [1.165, 1.54) is 5.56 Å². The molecule has 2 aliphatic rings. The van der Waals surface area contributed by atoms with Gasteiger partial charge in [-0.05, 0) is 61.9 Å². The predicted octanol–water partition coefficient (Wildman–Crippen LogP) is 3.64. The molecule has 3 N–H and O–H groups in total. The van der Waals surface area contributed by atoms with Crippen molar-refractivity contribution in [1.29, 1.82) is 0 Å². The standard InChI is InChI=1S/C27H33N3O5/c31-25(20-6-10-23(11-7-20)35-24-12-8-21(9-13-24)26(32)33)28-15-16-29-27(34)30-17-14-22(18-30)19-4-2-1-3-5-19/h1-7,10-11,21-22,24H,8-9,12-18H2,(H,28,31)(H,29,34)(H,32,33)/t21-,22?,24+. The van der Waals surface area contributed by atoms with Crippen molar-refractivity contribution in [1.82, 2.24) is 15.5 Å². The molecule has 2 aromatic carbocycles. The number of carbonyl (C=O) groups excluding carboxylic acids is 2. The zero-order valence-corrected chi connectivity index (χ0v) is 19.8. The molecule has 0 bridgehead atoms. The number of urea groups is 1. The molecule has 2 aromatic rings. The summed E-state index contributed by atoms with van der Waals surface area (Å²) >= 11 is 0. The van der Waals surface area contributed by atoms with Gasteiger partial charge in [0, 0.05) is 37.7 Å². The fraction of sp³-hybridized carbons (Fsp3) is 0.444. The minimum absolute atomic E-state index is 0.00691. The number of carboxylic acids is 1. The van der Waals surface area contributed by atoms with Gasteiger partial charge < -0.3 is 25.4 Å². The number of carboxylic acid groups (broad SMARTS) is 1. The van der Waals surface area contributed by atoms with Gasteiger partial charge in [0.15, 0.2) is 0 Å². The third kappa shape index (κ3) is 6.74. The number of likely N-dealkylation sites (tertiary alicyclic amines) is 1. The SMILES string of the molecule is O=C(NCCNC(=O)N1CCC(c2ccccc2)C1)c1ccc(O[C@H]2CC[C@@H](C(=O)O)CC2)cc1. The molecule has 0 radical (unpaired) electrons. The highest BCUT2D eigenvalue weighted by Gasteiger charge is 2.28. The Hall–Kier alpha value is -3.55. The van der Waals surface area contributed by atoms with Crippen LogP contribution in [0.4, 0.5) is 4.79 Å². The molecule has 1 aliphatic carbocycles. The van der Waals surface area contributed by atoms with Gasteiger partial charge in [-0.15, -0.1) is 0 Å². The highest BCUT2D eigenvalue weighted by Crippen LogP contribution is 2.28. The number of carbonyl (C=O) groups is 3. The Morgan fingerprint density at radius 2 is 1.57 bits per heavy atom. The minimum Gasteiger partial charge on any atom is -0.490 e. The number of rotatable bonds is 8. The Balaban J connectivity index is 1.14. The number of amides is 3. The van der Waals surface area contributed by atoms with Crippen LogP contribution >= 0.6 is 0 Å². The van der Waals surface area contributed by atoms with Crippen LogP contribution in [0.25, 0.3) is 0 Å². The molecule has 3 amide bonds. The molecule has 8 heteroatoms. The van der Waals surface area contributed by atoms with Crippen LogP contribution in [0.1, 0.15) is 53.9 Å². The Morgan fingerprint density at radius 3 is 2.26 bits per heavy atom. The van der Waals surface area contributed by atoms with Gasteiger partial charge >= 0.3 is 12.0 Å². The Morgan fingerprint density at radius 1 is 0.886 bits per heavy atom. The first-order chi connectivity index (χ1) is 17.0. The Kier molecular flexibility index (Phi) is 8.23. The molecule has 1 saturated heterocycles.